The second kappa shape index (κ2) is 15.7. The van der Waals surface area contributed by atoms with Crippen LogP contribution in [0, 0.1) is 0 Å². The maximum atomic E-state index is 13.7. The number of nitrogens with zero attached hydrogens (tertiary/aromatic N) is 3. The van der Waals surface area contributed by atoms with E-state index in [4.69, 9.17) is 25.5 Å². The first kappa shape index (κ1) is 32.8. The van der Waals surface area contributed by atoms with E-state index in [9.17, 15) is 9.59 Å². The standard InChI is InChI=1S/C36H26BrClN4O5S/c37-26-11-16-32(46-23-34(43)40-28-14-12-27(38)13-15-28)25(19-26)20-33-35(44)42(22-31-10-5-17-45-31)36(48-33)41-39-21-24-6-4-9-30(18-24)47-29-7-2-1-3-8-29/h1-21H,22-23H2,(H,40,43)/b33-20-,39-21-,41-36+. The van der Waals surface area contributed by atoms with Crippen molar-refractivity contribution < 1.29 is 23.5 Å². The van der Waals surface area contributed by atoms with Crippen molar-refractivity contribution in [3.63, 3.8) is 0 Å². The lowest BCUT2D eigenvalue weighted by atomic mass is 10.2. The Kier molecular flexibility index (Phi) is 10.7. The van der Waals surface area contributed by atoms with Crippen LogP contribution in [0.4, 0.5) is 5.69 Å². The van der Waals surface area contributed by atoms with Crippen molar-refractivity contribution >= 4 is 74.3 Å². The monoisotopic (exact) mass is 740 g/mol. The van der Waals surface area contributed by atoms with Gasteiger partial charge in [0.25, 0.3) is 11.8 Å². The lowest BCUT2D eigenvalue weighted by Crippen LogP contribution is -2.28. The molecule has 1 N–H and O–H groups in total. The number of furan rings is 1. The fourth-order valence-electron chi connectivity index (χ4n) is 4.49. The number of rotatable bonds is 11. The third-order valence-corrected chi connectivity index (χ3v) is 8.46. The predicted octanol–water partition coefficient (Wildman–Crippen LogP) is 9.01. The Morgan fingerprint density at radius 3 is 2.56 bits per heavy atom. The summed E-state index contributed by atoms with van der Waals surface area (Å²) in [5.74, 6) is 1.76. The highest BCUT2D eigenvalue weighted by molar-refractivity contribution is 9.10. The van der Waals surface area contributed by atoms with Crippen molar-refractivity contribution in [1.29, 1.82) is 0 Å². The molecule has 0 saturated carbocycles. The second-order valence-corrected chi connectivity index (χ2v) is 12.6. The Morgan fingerprint density at radius 1 is 0.958 bits per heavy atom. The summed E-state index contributed by atoms with van der Waals surface area (Å²) in [6.07, 6.45) is 4.85. The zero-order valence-electron chi connectivity index (χ0n) is 25.1. The van der Waals surface area contributed by atoms with Gasteiger partial charge in [0, 0.05) is 20.7 Å². The molecule has 0 spiro atoms. The average Bonchev–Trinajstić information content (AvgIpc) is 3.70. The van der Waals surface area contributed by atoms with Crippen LogP contribution in [0.25, 0.3) is 6.08 Å². The van der Waals surface area contributed by atoms with Crippen LogP contribution in [0.1, 0.15) is 16.9 Å². The zero-order chi connectivity index (χ0) is 33.3. The van der Waals surface area contributed by atoms with Crippen LogP contribution in [-0.4, -0.2) is 34.7 Å². The molecule has 5 aromatic rings. The van der Waals surface area contributed by atoms with Crippen molar-refractivity contribution in [3.8, 4) is 17.2 Å². The number of halogens is 2. The first-order valence-corrected chi connectivity index (χ1v) is 16.5. The largest absolute Gasteiger partial charge is 0.483 e. The summed E-state index contributed by atoms with van der Waals surface area (Å²) in [6, 6.07) is 32.6. The van der Waals surface area contributed by atoms with Gasteiger partial charge < -0.3 is 19.2 Å². The van der Waals surface area contributed by atoms with E-state index in [0.717, 1.165) is 15.8 Å². The van der Waals surface area contributed by atoms with Crippen molar-refractivity contribution in [3.05, 3.63) is 147 Å². The number of para-hydroxylation sites is 1. The van der Waals surface area contributed by atoms with Gasteiger partial charge in [-0.15, -0.1) is 5.10 Å². The molecule has 1 saturated heterocycles. The minimum atomic E-state index is -0.348. The minimum Gasteiger partial charge on any atom is -0.483 e. The maximum absolute atomic E-state index is 13.7. The zero-order valence-corrected chi connectivity index (χ0v) is 28.2. The Hall–Kier alpha value is -5.10. The number of nitrogens with one attached hydrogen (secondary N) is 1. The number of carbonyl (C=O) groups is 2. The van der Waals surface area contributed by atoms with Gasteiger partial charge in [0.05, 0.1) is 23.9 Å². The Bertz CT molecular complexity index is 2000. The Labute approximate surface area is 294 Å². The quantitative estimate of drug-likeness (QED) is 0.0823. The molecule has 2 heterocycles. The number of benzene rings is 4. The van der Waals surface area contributed by atoms with E-state index in [1.165, 1.54) is 16.7 Å². The summed E-state index contributed by atoms with van der Waals surface area (Å²) in [4.78, 5) is 28.2. The number of hydrogen-bond donors (Lipinski definition) is 1. The molecule has 2 amide bonds. The molecule has 1 aliphatic heterocycles. The number of carbonyl (C=O) groups excluding carboxylic acids is 2. The Morgan fingerprint density at radius 2 is 1.77 bits per heavy atom. The molecular formula is C36H26BrClN4O5S. The van der Waals surface area contributed by atoms with Gasteiger partial charge in [-0.2, -0.15) is 5.10 Å². The van der Waals surface area contributed by atoms with Crippen molar-refractivity contribution in [2.75, 3.05) is 11.9 Å². The molecule has 4 aromatic carbocycles. The number of amides is 2. The molecule has 12 heteroatoms. The smallest absolute Gasteiger partial charge is 0.267 e. The van der Waals surface area contributed by atoms with Gasteiger partial charge >= 0.3 is 0 Å². The summed E-state index contributed by atoms with van der Waals surface area (Å²) in [5.41, 5.74) is 1.96. The van der Waals surface area contributed by atoms with Crippen LogP contribution in [0.3, 0.4) is 0 Å². The number of anilines is 1. The number of hydrogen-bond acceptors (Lipinski definition) is 8. The molecule has 0 unspecified atom stereocenters. The van der Waals surface area contributed by atoms with Crippen LogP contribution >= 0.6 is 39.3 Å². The summed E-state index contributed by atoms with van der Waals surface area (Å²) in [6.45, 7) is -0.0806. The molecule has 9 nitrogen and oxygen atoms in total. The van der Waals surface area contributed by atoms with Gasteiger partial charge in [0.1, 0.15) is 23.0 Å². The summed E-state index contributed by atoms with van der Waals surface area (Å²) in [5, 5.41) is 12.4. The highest BCUT2D eigenvalue weighted by Crippen LogP contribution is 2.36. The van der Waals surface area contributed by atoms with E-state index < -0.39 is 0 Å². The first-order valence-electron chi connectivity index (χ1n) is 14.6. The van der Waals surface area contributed by atoms with Crippen LogP contribution in [-0.2, 0) is 16.1 Å². The van der Waals surface area contributed by atoms with E-state index in [0.29, 0.717) is 43.6 Å². The molecule has 240 valence electrons. The van der Waals surface area contributed by atoms with E-state index >= 15 is 0 Å². The molecule has 1 aliphatic rings. The minimum absolute atomic E-state index is 0.164. The van der Waals surface area contributed by atoms with Gasteiger partial charge in [-0.05, 0) is 102 Å². The third-order valence-electron chi connectivity index (χ3n) is 6.71. The molecule has 1 aromatic heterocycles. The molecule has 48 heavy (non-hydrogen) atoms. The molecule has 0 bridgehead atoms. The molecule has 0 radical (unpaired) electrons. The summed E-state index contributed by atoms with van der Waals surface area (Å²) >= 11 is 10.6. The molecule has 1 fully saturated rings. The number of ether oxygens (including phenoxy) is 2. The lowest BCUT2D eigenvalue weighted by molar-refractivity contribution is -0.122. The van der Waals surface area contributed by atoms with E-state index in [2.05, 4.69) is 31.4 Å². The Balaban J connectivity index is 1.20. The first-order chi connectivity index (χ1) is 23.4. The van der Waals surface area contributed by atoms with Crippen LogP contribution in [0.5, 0.6) is 17.2 Å². The van der Waals surface area contributed by atoms with E-state index in [1.807, 2.05) is 60.7 Å². The molecular weight excluding hydrogens is 716 g/mol. The highest BCUT2D eigenvalue weighted by atomic mass is 79.9. The van der Waals surface area contributed by atoms with E-state index in [-0.39, 0.29) is 25.0 Å². The molecule has 6 rings (SSSR count). The molecule has 0 aliphatic carbocycles. The highest BCUT2D eigenvalue weighted by Gasteiger charge is 2.34. The van der Waals surface area contributed by atoms with Gasteiger partial charge in [0.15, 0.2) is 11.8 Å². The van der Waals surface area contributed by atoms with Crippen molar-refractivity contribution in [2.45, 2.75) is 6.54 Å². The normalized spacial score (nSPS) is 14.6. The fourth-order valence-corrected chi connectivity index (χ4v) is 5.92. The second-order valence-electron chi connectivity index (χ2n) is 10.2. The van der Waals surface area contributed by atoms with Crippen LogP contribution in [0.2, 0.25) is 5.02 Å². The SMILES string of the molecule is O=C(COc1ccc(Br)cc1/C=C1\S/C(=N/N=C\c2cccc(Oc3ccccc3)c2)N(Cc2ccco2)C1=O)Nc1ccc(Cl)cc1. The van der Waals surface area contributed by atoms with E-state index in [1.54, 1.807) is 67.1 Å². The summed E-state index contributed by atoms with van der Waals surface area (Å²) < 4.78 is 18.1. The number of thioether (sulfide) groups is 1. The predicted molar refractivity (Wildman–Crippen MR) is 193 cm³/mol. The summed E-state index contributed by atoms with van der Waals surface area (Å²) in [7, 11) is 0. The van der Waals surface area contributed by atoms with Gasteiger partial charge in [0.2, 0.25) is 0 Å². The number of amidine groups is 1. The van der Waals surface area contributed by atoms with Gasteiger partial charge in [-0.25, -0.2) is 0 Å². The van der Waals surface area contributed by atoms with Gasteiger partial charge in [-0.1, -0.05) is 57.9 Å². The average molecular weight is 742 g/mol. The van der Waals surface area contributed by atoms with Crippen LogP contribution < -0.4 is 14.8 Å². The fraction of sp³-hybridized carbons (Fsp3) is 0.0556. The van der Waals surface area contributed by atoms with Gasteiger partial charge in [-0.3, -0.25) is 14.5 Å². The molecule has 0 atom stereocenters. The maximum Gasteiger partial charge on any atom is 0.267 e. The van der Waals surface area contributed by atoms with Crippen LogP contribution in [0.15, 0.2) is 139 Å². The van der Waals surface area contributed by atoms with Crippen molar-refractivity contribution in [1.82, 2.24) is 4.90 Å². The lowest BCUT2D eigenvalue weighted by Gasteiger charge is -2.13. The van der Waals surface area contributed by atoms with Crippen molar-refractivity contribution in [2.24, 2.45) is 10.2 Å². The topological polar surface area (TPSA) is 106 Å². The third kappa shape index (κ3) is 8.82.